The highest BCUT2D eigenvalue weighted by Gasteiger charge is 2.53. The number of carbonyl (C=O) groups is 1. The molecule has 2 heterocycles. The van der Waals surface area contributed by atoms with E-state index >= 15 is 0 Å². The number of sulfonamides is 1. The predicted octanol–water partition coefficient (Wildman–Crippen LogP) is -0.396. The number of carbonyl (C=O) groups excluding carboxylic acids is 1. The maximum atomic E-state index is 13.1. The molecule has 3 rings (SSSR count). The highest BCUT2D eigenvalue weighted by molar-refractivity contribution is 7.89. The molecule has 0 radical (unpaired) electrons. The first kappa shape index (κ1) is 22.9. The summed E-state index contributed by atoms with van der Waals surface area (Å²) >= 11 is 0. The molecule has 2 fully saturated rings. The third-order valence-electron chi connectivity index (χ3n) is 5.77. The Morgan fingerprint density at radius 3 is 2.53 bits per heavy atom. The molecule has 0 aromatic heterocycles. The first-order valence-electron chi connectivity index (χ1n) is 9.92. The first-order valence-corrected chi connectivity index (χ1v) is 11.4. The van der Waals surface area contributed by atoms with Crippen LogP contribution in [0.5, 0.6) is 5.75 Å². The number of rotatable bonds is 7. The number of β-amino-alcohol motifs (C(OH)–C–C–N with tert-alkyl or cyclic N) is 1. The van der Waals surface area contributed by atoms with Gasteiger partial charge in [0.1, 0.15) is 11.0 Å². The van der Waals surface area contributed by atoms with Gasteiger partial charge in [0.25, 0.3) is 5.91 Å². The molecule has 10 nitrogen and oxygen atoms in total. The van der Waals surface area contributed by atoms with Crippen LogP contribution in [0.3, 0.4) is 0 Å². The Kier molecular flexibility index (Phi) is 7.32. The van der Waals surface area contributed by atoms with Crippen molar-refractivity contribution in [2.75, 3.05) is 33.3 Å². The van der Waals surface area contributed by atoms with Crippen LogP contribution in [0.1, 0.15) is 24.8 Å². The normalized spacial score (nSPS) is 26.3. The first-order chi connectivity index (χ1) is 14.3. The number of hydroxylamine groups is 1. The number of benzene rings is 1. The molecule has 168 valence electrons. The summed E-state index contributed by atoms with van der Waals surface area (Å²) < 4.78 is 38.7. The SMILES string of the molecule is COc1ccc(COC2CCN(S(=O)(=O)C3CCNCC3(O)C(=O)NO)CC2)cc1. The van der Waals surface area contributed by atoms with E-state index in [-0.39, 0.29) is 32.2 Å². The summed E-state index contributed by atoms with van der Waals surface area (Å²) in [6.07, 6.45) is 1.03. The second-order valence-electron chi connectivity index (χ2n) is 7.62. The maximum Gasteiger partial charge on any atom is 0.278 e. The second-order valence-corrected chi connectivity index (χ2v) is 9.74. The van der Waals surface area contributed by atoms with Gasteiger partial charge >= 0.3 is 0 Å². The zero-order chi connectivity index (χ0) is 21.8. The van der Waals surface area contributed by atoms with Crippen LogP contribution in [0.15, 0.2) is 24.3 Å². The van der Waals surface area contributed by atoms with Crippen molar-refractivity contribution in [2.45, 2.75) is 42.8 Å². The van der Waals surface area contributed by atoms with Gasteiger partial charge in [-0.15, -0.1) is 0 Å². The number of hydrogen-bond donors (Lipinski definition) is 4. The number of aliphatic hydroxyl groups is 1. The summed E-state index contributed by atoms with van der Waals surface area (Å²) in [5.41, 5.74) is 0.159. The third kappa shape index (κ3) is 4.76. The van der Waals surface area contributed by atoms with Crippen molar-refractivity contribution in [1.29, 1.82) is 0 Å². The van der Waals surface area contributed by atoms with Gasteiger partial charge in [-0.25, -0.2) is 18.2 Å². The fraction of sp³-hybridized carbons (Fsp3) is 0.632. The lowest BCUT2D eigenvalue weighted by Gasteiger charge is -2.41. The van der Waals surface area contributed by atoms with Gasteiger partial charge in [-0.3, -0.25) is 10.0 Å². The fourth-order valence-electron chi connectivity index (χ4n) is 3.95. The monoisotopic (exact) mass is 443 g/mol. The van der Waals surface area contributed by atoms with Gasteiger partial charge in [0, 0.05) is 19.6 Å². The average molecular weight is 444 g/mol. The molecule has 2 aliphatic rings. The summed E-state index contributed by atoms with van der Waals surface area (Å²) in [7, 11) is -2.34. The van der Waals surface area contributed by atoms with Gasteiger partial charge < -0.3 is 19.9 Å². The van der Waals surface area contributed by atoms with Crippen molar-refractivity contribution < 1.29 is 33.0 Å². The average Bonchev–Trinajstić information content (AvgIpc) is 2.77. The van der Waals surface area contributed by atoms with Crippen LogP contribution in [0.2, 0.25) is 0 Å². The van der Waals surface area contributed by atoms with E-state index in [9.17, 15) is 18.3 Å². The molecule has 30 heavy (non-hydrogen) atoms. The number of hydrogen-bond acceptors (Lipinski definition) is 8. The molecule has 0 saturated carbocycles. The van der Waals surface area contributed by atoms with Crippen LogP contribution >= 0.6 is 0 Å². The highest BCUT2D eigenvalue weighted by Crippen LogP contribution is 2.29. The lowest BCUT2D eigenvalue weighted by Crippen LogP contribution is -2.67. The Morgan fingerprint density at radius 1 is 1.27 bits per heavy atom. The number of nitrogens with zero attached hydrogens (tertiary/aromatic N) is 1. The molecule has 1 aromatic carbocycles. The standard InChI is InChI=1S/C19H29N3O7S/c1-28-15-4-2-14(3-5-15)12-29-16-7-10-22(11-8-16)30(26,27)17-6-9-20-13-19(17,24)18(23)21-25/h2-5,16-17,20,24-25H,6-13H2,1H3,(H,21,23). The quantitative estimate of drug-likeness (QED) is 0.330. The van der Waals surface area contributed by atoms with E-state index in [2.05, 4.69) is 5.32 Å². The highest BCUT2D eigenvalue weighted by atomic mass is 32.2. The number of piperidine rings is 2. The van der Waals surface area contributed by atoms with E-state index in [0.29, 0.717) is 26.0 Å². The Balaban J connectivity index is 1.58. The van der Waals surface area contributed by atoms with Crippen molar-refractivity contribution in [2.24, 2.45) is 0 Å². The van der Waals surface area contributed by atoms with E-state index < -0.39 is 26.8 Å². The van der Waals surface area contributed by atoms with Crippen molar-refractivity contribution in [3.8, 4) is 5.75 Å². The van der Waals surface area contributed by atoms with Crippen molar-refractivity contribution in [3.63, 3.8) is 0 Å². The van der Waals surface area contributed by atoms with Gasteiger partial charge in [-0.1, -0.05) is 12.1 Å². The summed E-state index contributed by atoms with van der Waals surface area (Å²) in [6.45, 7) is 1.02. The smallest absolute Gasteiger partial charge is 0.278 e. The van der Waals surface area contributed by atoms with Crippen LogP contribution < -0.4 is 15.5 Å². The van der Waals surface area contributed by atoms with E-state index in [0.717, 1.165) is 11.3 Å². The predicted molar refractivity (Wildman–Crippen MR) is 107 cm³/mol. The summed E-state index contributed by atoms with van der Waals surface area (Å²) in [4.78, 5) is 12.0. The number of amides is 1. The molecule has 1 amide bonds. The summed E-state index contributed by atoms with van der Waals surface area (Å²) in [5.74, 6) is -0.356. The Morgan fingerprint density at radius 2 is 1.93 bits per heavy atom. The fourth-order valence-corrected chi connectivity index (χ4v) is 6.13. The zero-order valence-electron chi connectivity index (χ0n) is 16.9. The molecule has 0 bridgehead atoms. The molecular weight excluding hydrogens is 414 g/mol. The summed E-state index contributed by atoms with van der Waals surface area (Å²) in [6, 6.07) is 7.55. The molecule has 0 aliphatic carbocycles. The largest absolute Gasteiger partial charge is 0.497 e. The third-order valence-corrected chi connectivity index (χ3v) is 8.20. The molecule has 2 unspecified atom stereocenters. The van der Waals surface area contributed by atoms with E-state index in [1.165, 1.54) is 9.79 Å². The molecule has 1 aromatic rings. The summed E-state index contributed by atoms with van der Waals surface area (Å²) in [5, 5.41) is 21.1. The minimum atomic E-state index is -3.94. The lowest BCUT2D eigenvalue weighted by molar-refractivity contribution is -0.150. The van der Waals surface area contributed by atoms with Crippen molar-refractivity contribution in [1.82, 2.24) is 15.1 Å². The number of methoxy groups -OCH3 is 1. The topological polar surface area (TPSA) is 137 Å². The molecule has 2 atom stereocenters. The Bertz CT molecular complexity index is 825. The second kappa shape index (κ2) is 9.58. The van der Waals surface area contributed by atoms with Crippen LogP contribution in [-0.4, -0.2) is 79.2 Å². The van der Waals surface area contributed by atoms with Gasteiger partial charge in [-0.2, -0.15) is 0 Å². The zero-order valence-corrected chi connectivity index (χ0v) is 17.7. The Labute approximate surface area is 176 Å². The van der Waals surface area contributed by atoms with E-state index in [4.69, 9.17) is 14.7 Å². The minimum absolute atomic E-state index is 0.0696. The van der Waals surface area contributed by atoms with Crippen LogP contribution in [0.4, 0.5) is 0 Å². The molecule has 2 saturated heterocycles. The molecule has 11 heteroatoms. The maximum absolute atomic E-state index is 13.1. The minimum Gasteiger partial charge on any atom is -0.497 e. The Hall–Kier alpha value is -1.76. The van der Waals surface area contributed by atoms with Gasteiger partial charge in [0.2, 0.25) is 10.0 Å². The number of ether oxygens (including phenoxy) is 2. The van der Waals surface area contributed by atoms with Gasteiger partial charge in [-0.05, 0) is 43.5 Å². The van der Waals surface area contributed by atoms with Crippen molar-refractivity contribution >= 4 is 15.9 Å². The number of nitrogens with one attached hydrogen (secondary N) is 2. The molecule has 2 aliphatic heterocycles. The molecular formula is C19H29N3O7S. The van der Waals surface area contributed by atoms with Gasteiger partial charge in [0.15, 0.2) is 5.60 Å². The van der Waals surface area contributed by atoms with Crippen LogP contribution in [0, 0.1) is 0 Å². The van der Waals surface area contributed by atoms with Crippen LogP contribution in [-0.2, 0) is 26.2 Å². The molecule has 0 spiro atoms. The van der Waals surface area contributed by atoms with Crippen LogP contribution in [0.25, 0.3) is 0 Å². The lowest BCUT2D eigenvalue weighted by atomic mass is 9.93. The van der Waals surface area contributed by atoms with E-state index in [1.807, 2.05) is 24.3 Å². The van der Waals surface area contributed by atoms with Crippen molar-refractivity contribution in [3.05, 3.63) is 29.8 Å². The molecule has 4 N–H and O–H groups in total. The van der Waals surface area contributed by atoms with E-state index in [1.54, 1.807) is 7.11 Å². The van der Waals surface area contributed by atoms with Gasteiger partial charge in [0.05, 0.1) is 19.8 Å².